The summed E-state index contributed by atoms with van der Waals surface area (Å²) in [5.41, 5.74) is 9.18. The minimum Gasteiger partial charge on any atom is -0.487 e. The third-order valence-electron chi connectivity index (χ3n) is 3.15. The molecule has 0 aliphatic carbocycles. The second kappa shape index (κ2) is 6.10. The maximum absolute atomic E-state index is 11.6. The van der Waals surface area contributed by atoms with Crippen LogP contribution in [0.1, 0.15) is 21.5 Å². The van der Waals surface area contributed by atoms with Crippen molar-refractivity contribution in [1.82, 2.24) is 5.32 Å². The summed E-state index contributed by atoms with van der Waals surface area (Å²) in [6, 6.07) is 13.0. The highest BCUT2D eigenvalue weighted by Crippen LogP contribution is 2.24. The molecule has 4 nitrogen and oxygen atoms in total. The zero-order valence-electron chi connectivity index (χ0n) is 11.6. The van der Waals surface area contributed by atoms with Gasteiger partial charge in [-0.1, -0.05) is 24.3 Å². The fourth-order valence-corrected chi connectivity index (χ4v) is 1.87. The molecule has 0 aliphatic rings. The fourth-order valence-electron chi connectivity index (χ4n) is 1.87. The Balaban J connectivity index is 2.17. The maximum Gasteiger partial charge on any atom is 0.251 e. The molecule has 3 N–H and O–H groups in total. The summed E-state index contributed by atoms with van der Waals surface area (Å²) in [6.07, 6.45) is 0. The Bertz CT molecular complexity index is 624. The van der Waals surface area contributed by atoms with Gasteiger partial charge in [-0.2, -0.15) is 0 Å². The number of rotatable bonds is 4. The van der Waals surface area contributed by atoms with Crippen LogP contribution in [0.15, 0.2) is 42.5 Å². The minimum atomic E-state index is -0.161. The molecule has 4 heteroatoms. The van der Waals surface area contributed by atoms with E-state index in [2.05, 4.69) is 5.32 Å². The van der Waals surface area contributed by atoms with E-state index >= 15 is 0 Å². The fraction of sp³-hybridized carbons (Fsp3) is 0.188. The van der Waals surface area contributed by atoms with E-state index in [9.17, 15) is 4.79 Å². The predicted molar refractivity (Wildman–Crippen MR) is 79.8 cm³/mol. The summed E-state index contributed by atoms with van der Waals surface area (Å²) in [5, 5.41) is 2.58. The summed E-state index contributed by atoms with van der Waals surface area (Å²) < 4.78 is 5.73. The average Bonchev–Trinajstić information content (AvgIpc) is 2.47. The lowest BCUT2D eigenvalue weighted by Crippen LogP contribution is -2.17. The topological polar surface area (TPSA) is 64.4 Å². The third kappa shape index (κ3) is 3.09. The monoisotopic (exact) mass is 270 g/mol. The van der Waals surface area contributed by atoms with Gasteiger partial charge in [0, 0.05) is 12.6 Å². The highest BCUT2D eigenvalue weighted by Gasteiger charge is 2.08. The quantitative estimate of drug-likeness (QED) is 0.839. The molecule has 1 amide bonds. The summed E-state index contributed by atoms with van der Waals surface area (Å²) in [5.74, 6) is 0.361. The lowest BCUT2D eigenvalue weighted by molar-refractivity contribution is 0.0962. The molecule has 0 unspecified atom stereocenters. The largest absolute Gasteiger partial charge is 0.487 e. The number of carbonyl (C=O) groups excluding carboxylic acids is 1. The average molecular weight is 270 g/mol. The number of hydrogen-bond acceptors (Lipinski definition) is 3. The zero-order valence-corrected chi connectivity index (χ0v) is 11.6. The maximum atomic E-state index is 11.6. The van der Waals surface area contributed by atoms with Gasteiger partial charge in [0.05, 0.1) is 5.69 Å². The second-order valence-electron chi connectivity index (χ2n) is 4.55. The number of amides is 1. The number of nitrogens with two attached hydrogens (primary N) is 1. The van der Waals surface area contributed by atoms with E-state index in [4.69, 9.17) is 10.5 Å². The lowest BCUT2D eigenvalue weighted by atomic mass is 10.1. The first-order chi connectivity index (χ1) is 9.61. The molecular weight excluding hydrogens is 252 g/mol. The van der Waals surface area contributed by atoms with Gasteiger partial charge < -0.3 is 15.8 Å². The van der Waals surface area contributed by atoms with Gasteiger partial charge in [-0.15, -0.1) is 0 Å². The Labute approximate surface area is 118 Å². The molecule has 0 aromatic heterocycles. The van der Waals surface area contributed by atoms with Gasteiger partial charge in [0.15, 0.2) is 0 Å². The number of nitrogen functional groups attached to an aromatic ring is 1. The van der Waals surface area contributed by atoms with Crippen LogP contribution in [0.25, 0.3) is 0 Å². The molecule has 104 valence electrons. The van der Waals surface area contributed by atoms with E-state index in [1.807, 2.05) is 31.2 Å². The number of hydrogen-bond donors (Lipinski definition) is 2. The van der Waals surface area contributed by atoms with Crippen molar-refractivity contribution < 1.29 is 9.53 Å². The van der Waals surface area contributed by atoms with Gasteiger partial charge in [-0.3, -0.25) is 4.79 Å². The summed E-state index contributed by atoms with van der Waals surface area (Å²) in [6.45, 7) is 2.46. The number of anilines is 1. The van der Waals surface area contributed by atoms with Crippen molar-refractivity contribution >= 4 is 11.6 Å². The van der Waals surface area contributed by atoms with Gasteiger partial charge in [0.25, 0.3) is 5.91 Å². The van der Waals surface area contributed by atoms with Gasteiger partial charge in [0.1, 0.15) is 12.4 Å². The number of benzene rings is 2. The Morgan fingerprint density at radius 1 is 1.25 bits per heavy atom. The summed E-state index contributed by atoms with van der Waals surface area (Å²) in [4.78, 5) is 11.6. The highest BCUT2D eigenvalue weighted by molar-refractivity contribution is 5.95. The molecule has 0 atom stereocenters. The van der Waals surface area contributed by atoms with Crippen LogP contribution in [-0.2, 0) is 6.61 Å². The van der Waals surface area contributed by atoms with Gasteiger partial charge >= 0.3 is 0 Å². The van der Waals surface area contributed by atoms with Crippen molar-refractivity contribution in [1.29, 1.82) is 0 Å². The molecule has 2 aromatic rings. The van der Waals surface area contributed by atoms with Crippen molar-refractivity contribution in [2.45, 2.75) is 13.5 Å². The van der Waals surface area contributed by atoms with Crippen LogP contribution in [0.4, 0.5) is 5.69 Å². The molecule has 20 heavy (non-hydrogen) atoms. The van der Waals surface area contributed by atoms with Crippen molar-refractivity contribution in [3.8, 4) is 5.75 Å². The van der Waals surface area contributed by atoms with E-state index in [0.717, 1.165) is 11.1 Å². The molecule has 2 rings (SSSR count). The molecule has 0 spiro atoms. The zero-order chi connectivity index (χ0) is 14.5. The summed E-state index contributed by atoms with van der Waals surface area (Å²) in [7, 11) is 1.59. The van der Waals surface area contributed by atoms with Crippen LogP contribution < -0.4 is 15.8 Å². The van der Waals surface area contributed by atoms with Gasteiger partial charge in [-0.25, -0.2) is 0 Å². The number of carbonyl (C=O) groups is 1. The number of ether oxygens (including phenoxy) is 1. The van der Waals surface area contributed by atoms with E-state index < -0.39 is 0 Å². The predicted octanol–water partition coefficient (Wildman–Crippen LogP) is 2.52. The smallest absolute Gasteiger partial charge is 0.251 e. The molecular formula is C16H18N2O2. The first-order valence-electron chi connectivity index (χ1n) is 6.40. The van der Waals surface area contributed by atoms with Crippen molar-refractivity contribution in [2.75, 3.05) is 12.8 Å². The normalized spacial score (nSPS) is 10.1. The molecule has 0 heterocycles. The second-order valence-corrected chi connectivity index (χ2v) is 4.55. The van der Waals surface area contributed by atoms with Crippen LogP contribution in [0.5, 0.6) is 5.75 Å². The third-order valence-corrected chi connectivity index (χ3v) is 3.15. The first-order valence-corrected chi connectivity index (χ1v) is 6.40. The first kappa shape index (κ1) is 13.9. The van der Waals surface area contributed by atoms with Crippen LogP contribution in [0, 0.1) is 6.92 Å². The van der Waals surface area contributed by atoms with Crippen LogP contribution >= 0.6 is 0 Å². The van der Waals surface area contributed by atoms with Gasteiger partial charge in [0.2, 0.25) is 0 Å². The van der Waals surface area contributed by atoms with E-state index in [1.54, 1.807) is 25.2 Å². The molecule has 0 bridgehead atoms. The Morgan fingerprint density at radius 2 is 2.00 bits per heavy atom. The summed E-state index contributed by atoms with van der Waals surface area (Å²) >= 11 is 0. The SMILES string of the molecule is CNC(=O)c1ccc(N)c(OCc2ccccc2C)c1. The van der Waals surface area contributed by atoms with Crippen molar-refractivity contribution in [3.63, 3.8) is 0 Å². The lowest BCUT2D eigenvalue weighted by Gasteiger charge is -2.11. The molecule has 0 aliphatic heterocycles. The molecule has 0 saturated carbocycles. The van der Waals surface area contributed by atoms with Crippen molar-refractivity contribution in [3.05, 3.63) is 59.2 Å². The van der Waals surface area contributed by atoms with E-state index in [0.29, 0.717) is 23.6 Å². The van der Waals surface area contributed by atoms with E-state index in [-0.39, 0.29) is 5.91 Å². The molecule has 0 saturated heterocycles. The Hall–Kier alpha value is -2.49. The van der Waals surface area contributed by atoms with Crippen molar-refractivity contribution in [2.24, 2.45) is 0 Å². The number of aryl methyl sites for hydroxylation is 1. The number of nitrogens with one attached hydrogen (secondary N) is 1. The molecule has 0 fully saturated rings. The molecule has 2 aromatic carbocycles. The van der Waals surface area contributed by atoms with Crippen LogP contribution in [0.3, 0.4) is 0 Å². The Morgan fingerprint density at radius 3 is 2.70 bits per heavy atom. The van der Waals surface area contributed by atoms with Gasteiger partial charge in [-0.05, 0) is 36.2 Å². The van der Waals surface area contributed by atoms with Crippen LogP contribution in [0.2, 0.25) is 0 Å². The van der Waals surface area contributed by atoms with Crippen LogP contribution in [-0.4, -0.2) is 13.0 Å². The Kier molecular flexibility index (Phi) is 4.25. The molecule has 0 radical (unpaired) electrons. The highest BCUT2D eigenvalue weighted by atomic mass is 16.5. The standard InChI is InChI=1S/C16H18N2O2/c1-11-5-3-4-6-13(11)10-20-15-9-12(16(19)18-2)7-8-14(15)17/h3-9H,10,17H2,1-2H3,(H,18,19). The minimum absolute atomic E-state index is 0.161. The van der Waals surface area contributed by atoms with E-state index in [1.165, 1.54) is 0 Å².